The third kappa shape index (κ3) is 8.42. The Hall–Kier alpha value is -7.24. The number of furan rings is 1. The molecule has 16 rings (SSSR count). The molecule has 6 aliphatic rings. The molecule has 0 atom stereocenters. The van der Waals surface area contributed by atoms with Gasteiger partial charge in [-0.05, 0) is 210 Å². The van der Waals surface area contributed by atoms with Crippen molar-refractivity contribution in [1.29, 1.82) is 0 Å². The second-order valence-corrected chi connectivity index (χ2v) is 33.5. The molecule has 87 heavy (non-hydrogen) atoms. The van der Waals surface area contributed by atoms with Crippen molar-refractivity contribution in [3.8, 4) is 16.8 Å². The summed E-state index contributed by atoms with van der Waals surface area (Å²) < 4.78 is 10.6. The van der Waals surface area contributed by atoms with Gasteiger partial charge in [0.25, 0.3) is 6.71 Å². The van der Waals surface area contributed by atoms with Gasteiger partial charge in [-0.15, -0.1) is 0 Å². The van der Waals surface area contributed by atoms with Gasteiger partial charge in [0.1, 0.15) is 5.58 Å². The second kappa shape index (κ2) is 18.2. The van der Waals surface area contributed by atoms with E-state index in [9.17, 15) is 0 Å². The first-order chi connectivity index (χ1) is 40.8. The third-order valence-electron chi connectivity index (χ3n) is 22.5. The van der Waals surface area contributed by atoms with Crippen LogP contribution in [-0.2, 0) is 43.3 Å². The van der Waals surface area contributed by atoms with Gasteiger partial charge in [-0.1, -0.05) is 203 Å². The van der Waals surface area contributed by atoms with E-state index in [1.165, 1.54) is 142 Å². The van der Waals surface area contributed by atoms with E-state index >= 15 is 0 Å². The van der Waals surface area contributed by atoms with Crippen LogP contribution in [0.25, 0.3) is 49.6 Å². The van der Waals surface area contributed by atoms with Crippen LogP contribution in [0.2, 0.25) is 0 Å². The first kappa shape index (κ1) is 56.3. The fourth-order valence-corrected chi connectivity index (χ4v) is 16.5. The number of benzene rings is 8. The Bertz CT molecular complexity index is 4450. The van der Waals surface area contributed by atoms with Crippen LogP contribution in [0.1, 0.15) is 208 Å². The smallest absolute Gasteiger partial charge is 0.297 e. The Kier molecular flexibility index (Phi) is 11.8. The van der Waals surface area contributed by atoms with Gasteiger partial charge in [0.05, 0.1) is 33.8 Å². The highest BCUT2D eigenvalue weighted by Gasteiger charge is 2.52. The highest BCUT2D eigenvalue weighted by Crippen LogP contribution is 2.59. The molecule has 0 N–H and O–H groups in total. The van der Waals surface area contributed by atoms with Crippen molar-refractivity contribution in [1.82, 2.24) is 4.57 Å². The topological polar surface area (TPSA) is 24.6 Å². The Morgan fingerprint density at radius 3 is 1.45 bits per heavy atom. The molecule has 4 aliphatic carbocycles. The predicted molar refractivity (Wildman–Crippen MR) is 373 cm³/mol. The third-order valence-corrected chi connectivity index (χ3v) is 22.5. The number of rotatable bonds is 4. The van der Waals surface area contributed by atoms with E-state index in [2.05, 4.69) is 285 Å². The van der Waals surface area contributed by atoms with Gasteiger partial charge in [-0.2, -0.15) is 0 Å². The van der Waals surface area contributed by atoms with Crippen molar-refractivity contribution in [2.75, 3.05) is 9.80 Å². The molecule has 2 bridgehead atoms. The Morgan fingerprint density at radius 1 is 0.402 bits per heavy atom. The molecule has 10 aromatic rings. The number of fused-ring (bicyclic) bond motifs is 12. The van der Waals surface area contributed by atoms with Gasteiger partial charge in [0, 0.05) is 44.5 Å². The van der Waals surface area contributed by atoms with Crippen molar-refractivity contribution >= 4 is 90.2 Å². The van der Waals surface area contributed by atoms with Gasteiger partial charge in [0.15, 0.2) is 0 Å². The van der Waals surface area contributed by atoms with E-state index in [1.807, 2.05) is 0 Å². The van der Waals surface area contributed by atoms with Gasteiger partial charge >= 0.3 is 0 Å². The zero-order chi connectivity index (χ0) is 61.2. The van der Waals surface area contributed by atoms with Crippen LogP contribution in [0, 0.1) is 0 Å². The van der Waals surface area contributed by atoms with Gasteiger partial charge in [0.2, 0.25) is 0 Å². The van der Waals surface area contributed by atoms with E-state index in [1.54, 1.807) is 0 Å². The maximum absolute atomic E-state index is 8.00. The van der Waals surface area contributed by atoms with Crippen molar-refractivity contribution in [3.05, 3.63) is 190 Å². The fraction of sp³-hybridized carbons (Fsp3) is 0.390. The average Bonchev–Trinajstić information content (AvgIpc) is 1.67. The molecule has 1 fully saturated rings. The summed E-state index contributed by atoms with van der Waals surface area (Å²) in [7, 11) is 0. The summed E-state index contributed by atoms with van der Waals surface area (Å²) in [6.45, 7) is 43.0. The summed E-state index contributed by atoms with van der Waals surface area (Å²) in [4.78, 5) is 5.39. The van der Waals surface area contributed by atoms with Crippen LogP contribution in [0.3, 0.4) is 0 Å². The summed E-state index contributed by atoms with van der Waals surface area (Å²) in [6, 6.07) is 58.4. The quantitative estimate of drug-likeness (QED) is 0.164. The molecule has 0 spiro atoms. The van der Waals surface area contributed by atoms with Crippen molar-refractivity contribution in [3.63, 3.8) is 0 Å². The molecule has 4 heterocycles. The van der Waals surface area contributed by atoms with Gasteiger partial charge in [-0.3, -0.25) is 0 Å². The average molecular weight is 1140 g/mol. The first-order valence-electron chi connectivity index (χ1n) is 32.8. The van der Waals surface area contributed by atoms with E-state index in [0.717, 1.165) is 41.1 Å². The monoisotopic (exact) mass is 1140 g/mol. The highest BCUT2D eigenvalue weighted by molar-refractivity contribution is 7.00. The number of anilines is 6. The zero-order valence-corrected chi connectivity index (χ0v) is 55.4. The molecular weight excluding hydrogens is 1050 g/mol. The summed E-state index contributed by atoms with van der Waals surface area (Å²) in [5, 5.41) is 3.74. The maximum Gasteiger partial charge on any atom is 0.297 e. The molecule has 0 saturated heterocycles. The SMILES string of the molecule is CC(C)(C)c1ccc(N2c3cc4c(cc3B3c5oc6cc7c(cc6c5N(c5ccc(C(C)(C)C)cc5-c5ccccc5)c5cc(-n6c8cc(C(C)(C)C)ccc8c8ccc(C(C)(C)C)cc86)cc2c53)C2(C)CCC7(C)CC2)C(C)(C)CCC4(C)C)cc1. The molecule has 0 amide bonds. The molecule has 2 aliphatic heterocycles. The number of hydrogen-bond acceptors (Lipinski definition) is 3. The number of nitrogens with zero attached hydrogens (tertiary/aromatic N) is 3. The van der Waals surface area contributed by atoms with Crippen molar-refractivity contribution in [2.24, 2.45) is 0 Å². The number of aromatic nitrogens is 1. The largest absolute Gasteiger partial charge is 0.468 e. The molecule has 0 unspecified atom stereocenters. The molecule has 442 valence electrons. The molecule has 1 saturated carbocycles. The lowest BCUT2D eigenvalue weighted by atomic mass is 9.35. The fourth-order valence-electron chi connectivity index (χ4n) is 16.5. The Morgan fingerprint density at radius 2 is 0.897 bits per heavy atom. The molecule has 0 radical (unpaired) electrons. The molecular formula is C82H90BN3O. The van der Waals surface area contributed by atoms with Gasteiger partial charge < -0.3 is 18.8 Å². The summed E-state index contributed by atoms with van der Waals surface area (Å²) in [5.74, 6) is 0. The Labute approximate surface area is 519 Å². The second-order valence-electron chi connectivity index (χ2n) is 33.5. The van der Waals surface area contributed by atoms with Crippen LogP contribution in [0.5, 0.6) is 0 Å². The van der Waals surface area contributed by atoms with Crippen LogP contribution >= 0.6 is 0 Å². The molecule has 2 aromatic heterocycles. The summed E-state index contributed by atoms with van der Waals surface area (Å²) in [6.07, 6.45) is 7.10. The minimum Gasteiger partial charge on any atom is -0.468 e. The van der Waals surface area contributed by atoms with Crippen LogP contribution in [0.15, 0.2) is 150 Å². The predicted octanol–water partition coefficient (Wildman–Crippen LogP) is 20.9. The van der Waals surface area contributed by atoms with Crippen molar-refractivity contribution < 1.29 is 4.42 Å². The molecule has 8 aromatic carbocycles. The summed E-state index contributed by atoms with van der Waals surface area (Å²) >= 11 is 0. The first-order valence-corrected chi connectivity index (χ1v) is 32.8. The minimum absolute atomic E-state index is 0.0175. The van der Waals surface area contributed by atoms with Crippen molar-refractivity contribution in [2.45, 2.75) is 206 Å². The lowest BCUT2D eigenvalue weighted by Crippen LogP contribution is -2.61. The van der Waals surface area contributed by atoms with Gasteiger partial charge in [-0.25, -0.2) is 0 Å². The summed E-state index contributed by atoms with van der Waals surface area (Å²) in [5.41, 5.74) is 28.8. The van der Waals surface area contributed by atoms with E-state index < -0.39 is 0 Å². The lowest BCUT2D eigenvalue weighted by molar-refractivity contribution is 0.188. The molecule has 4 nitrogen and oxygen atoms in total. The lowest BCUT2D eigenvalue weighted by Gasteiger charge is -2.52. The Balaban J connectivity index is 1.15. The van der Waals surface area contributed by atoms with E-state index in [0.29, 0.717) is 0 Å². The maximum atomic E-state index is 8.00. The normalized spacial score (nSPS) is 20.2. The standard InChI is InChI=1S/C82H90BN3O/c1-75(2,3)50-24-29-54(30-25-50)84-68-47-61-60(79(13,14)34-35-80(61,15)16)46-64(68)83-72-69(84)43-55(85-66-41-52(77(7,8)9)26-31-56(66)57-32-27-53(42-67(57)85)78(10,11)12)44-70(72)86(65-33-28-51(76(4,5)6)40-58(65)49-22-20-19-21-23-49)73-59-45-62-63(48-71(59)87-74(73)83)82(18)38-36-81(62,17)37-39-82/h19-33,40-48H,34-39H2,1-18H3. The van der Waals surface area contributed by atoms with Crippen LogP contribution in [-0.4, -0.2) is 11.3 Å². The van der Waals surface area contributed by atoms with Crippen LogP contribution in [0.4, 0.5) is 34.1 Å². The van der Waals surface area contributed by atoms with E-state index in [-0.39, 0.29) is 50.0 Å². The zero-order valence-electron chi connectivity index (χ0n) is 55.4. The minimum atomic E-state index is -0.221. The number of hydrogen-bond donors (Lipinski definition) is 0. The van der Waals surface area contributed by atoms with E-state index in [4.69, 9.17) is 4.42 Å². The molecule has 5 heteroatoms. The van der Waals surface area contributed by atoms with Crippen LogP contribution < -0.4 is 26.4 Å². The highest BCUT2D eigenvalue weighted by atomic mass is 16.3.